The predicted molar refractivity (Wildman–Crippen MR) is 122 cm³/mol. The van der Waals surface area contributed by atoms with Crippen LogP contribution in [0.2, 0.25) is 0 Å². The summed E-state index contributed by atoms with van der Waals surface area (Å²) in [6, 6.07) is 15.3. The molecule has 8 heteroatoms. The number of carbonyl (C=O) groups is 1. The molecule has 0 fully saturated rings. The summed E-state index contributed by atoms with van der Waals surface area (Å²) in [5.74, 6) is 1.59. The first kappa shape index (κ1) is 21.4. The third-order valence-electron chi connectivity index (χ3n) is 4.36. The summed E-state index contributed by atoms with van der Waals surface area (Å²) < 4.78 is 7.09. The van der Waals surface area contributed by atoms with Gasteiger partial charge in [0.1, 0.15) is 5.75 Å². The van der Waals surface area contributed by atoms with E-state index in [0.717, 1.165) is 28.5 Å². The molecule has 3 rings (SSSR count). The van der Waals surface area contributed by atoms with Crippen LogP contribution in [0.5, 0.6) is 5.75 Å². The van der Waals surface area contributed by atoms with Crippen LogP contribution in [0.4, 0.5) is 11.4 Å². The van der Waals surface area contributed by atoms with E-state index in [1.54, 1.807) is 37.5 Å². The summed E-state index contributed by atoms with van der Waals surface area (Å²) in [6.45, 7) is 4.39. The summed E-state index contributed by atoms with van der Waals surface area (Å²) in [4.78, 5) is 14.4. The molecule has 156 valence electrons. The van der Waals surface area contributed by atoms with Crippen LogP contribution in [-0.2, 0) is 11.3 Å². The molecule has 3 aromatic rings. The highest BCUT2D eigenvalue weighted by atomic mass is 32.2. The number of thioether (sulfide) groups is 1. The average molecular weight is 424 g/mol. The standard InChI is InChI=1S/C22H25N5O2S/c1-5-13-27-21(16-7-6-8-18(14-16)26(2)3)24-25-22(27)30-15-20(28)23-17-9-11-19(29-4)12-10-17/h5-12,14H,1,13,15H2,2-4H3,(H,23,28). The van der Waals surface area contributed by atoms with Crippen molar-refractivity contribution < 1.29 is 9.53 Å². The fraction of sp³-hybridized carbons (Fsp3) is 0.227. The molecule has 1 aromatic heterocycles. The van der Waals surface area contributed by atoms with Gasteiger partial charge < -0.3 is 15.0 Å². The SMILES string of the molecule is C=CCn1c(SCC(=O)Nc2ccc(OC)cc2)nnc1-c1cccc(N(C)C)c1. The van der Waals surface area contributed by atoms with Gasteiger partial charge in [0.25, 0.3) is 0 Å². The molecule has 0 atom stereocenters. The Balaban J connectivity index is 1.72. The van der Waals surface area contributed by atoms with Crippen LogP contribution < -0.4 is 15.0 Å². The maximum atomic E-state index is 12.4. The molecule has 0 aliphatic rings. The Morgan fingerprint density at radius 3 is 2.67 bits per heavy atom. The number of nitrogens with zero attached hydrogens (tertiary/aromatic N) is 4. The first-order valence-corrected chi connectivity index (χ1v) is 10.4. The molecule has 0 aliphatic heterocycles. The monoisotopic (exact) mass is 423 g/mol. The molecule has 7 nitrogen and oxygen atoms in total. The smallest absolute Gasteiger partial charge is 0.234 e. The Morgan fingerprint density at radius 1 is 1.23 bits per heavy atom. The number of benzene rings is 2. The second kappa shape index (κ2) is 9.98. The highest BCUT2D eigenvalue weighted by molar-refractivity contribution is 7.99. The quantitative estimate of drug-likeness (QED) is 0.415. The highest BCUT2D eigenvalue weighted by Gasteiger charge is 2.15. The largest absolute Gasteiger partial charge is 0.497 e. The van der Waals surface area contributed by atoms with Crippen LogP contribution in [0.25, 0.3) is 11.4 Å². The van der Waals surface area contributed by atoms with E-state index in [9.17, 15) is 4.79 Å². The minimum absolute atomic E-state index is 0.116. The second-order valence-electron chi connectivity index (χ2n) is 6.72. The van der Waals surface area contributed by atoms with Gasteiger partial charge in [0.15, 0.2) is 11.0 Å². The summed E-state index contributed by atoms with van der Waals surface area (Å²) in [5.41, 5.74) is 2.76. The molecule has 0 radical (unpaired) electrons. The lowest BCUT2D eigenvalue weighted by Crippen LogP contribution is -2.14. The van der Waals surface area contributed by atoms with Gasteiger partial charge in [-0.15, -0.1) is 16.8 Å². The van der Waals surface area contributed by atoms with Crippen LogP contribution >= 0.6 is 11.8 Å². The Kier molecular flexibility index (Phi) is 7.13. The van der Waals surface area contributed by atoms with Gasteiger partial charge in [-0.1, -0.05) is 30.0 Å². The van der Waals surface area contributed by atoms with E-state index in [1.807, 2.05) is 41.8 Å². The molecule has 0 saturated heterocycles. The van der Waals surface area contributed by atoms with Crippen molar-refractivity contribution in [1.29, 1.82) is 0 Å². The zero-order valence-corrected chi connectivity index (χ0v) is 18.1. The molecule has 0 saturated carbocycles. The molecule has 1 N–H and O–H groups in total. The third kappa shape index (κ3) is 5.21. The normalized spacial score (nSPS) is 10.5. The van der Waals surface area contributed by atoms with E-state index in [1.165, 1.54) is 11.8 Å². The van der Waals surface area contributed by atoms with E-state index in [2.05, 4.69) is 28.2 Å². The van der Waals surface area contributed by atoms with Gasteiger partial charge in [-0.25, -0.2) is 0 Å². The lowest BCUT2D eigenvalue weighted by molar-refractivity contribution is -0.113. The summed E-state index contributed by atoms with van der Waals surface area (Å²) in [7, 11) is 5.60. The van der Waals surface area contributed by atoms with Crippen molar-refractivity contribution >= 4 is 29.0 Å². The topological polar surface area (TPSA) is 72.3 Å². The molecule has 1 heterocycles. The van der Waals surface area contributed by atoms with Crippen molar-refractivity contribution in [3.8, 4) is 17.1 Å². The van der Waals surface area contributed by atoms with Gasteiger partial charge in [-0.05, 0) is 36.4 Å². The molecule has 2 aromatic carbocycles. The van der Waals surface area contributed by atoms with Gasteiger partial charge in [0, 0.05) is 37.6 Å². The number of aromatic nitrogens is 3. The number of amides is 1. The van der Waals surface area contributed by atoms with Crippen LogP contribution in [0.3, 0.4) is 0 Å². The predicted octanol–water partition coefficient (Wildman–Crippen LogP) is 3.94. The molecule has 30 heavy (non-hydrogen) atoms. The fourth-order valence-corrected chi connectivity index (χ4v) is 3.58. The zero-order valence-electron chi connectivity index (χ0n) is 17.3. The number of nitrogens with one attached hydrogen (secondary N) is 1. The first-order valence-electron chi connectivity index (χ1n) is 9.40. The van der Waals surface area contributed by atoms with Crippen molar-refractivity contribution in [2.75, 3.05) is 37.2 Å². The number of hydrogen-bond acceptors (Lipinski definition) is 6. The molecule has 0 unspecified atom stereocenters. The average Bonchev–Trinajstić information content (AvgIpc) is 3.16. The minimum Gasteiger partial charge on any atom is -0.497 e. The highest BCUT2D eigenvalue weighted by Crippen LogP contribution is 2.27. The maximum Gasteiger partial charge on any atom is 0.234 e. The van der Waals surface area contributed by atoms with Crippen molar-refractivity contribution in [3.05, 3.63) is 61.2 Å². The van der Waals surface area contributed by atoms with Crippen molar-refractivity contribution in [2.45, 2.75) is 11.7 Å². The summed E-state index contributed by atoms with van der Waals surface area (Å²) >= 11 is 1.34. The lowest BCUT2D eigenvalue weighted by atomic mass is 10.2. The number of allylic oxidation sites excluding steroid dienone is 1. The van der Waals surface area contributed by atoms with E-state index in [0.29, 0.717) is 11.7 Å². The van der Waals surface area contributed by atoms with E-state index < -0.39 is 0 Å². The number of hydrogen-bond donors (Lipinski definition) is 1. The number of anilines is 2. The minimum atomic E-state index is -0.116. The van der Waals surface area contributed by atoms with E-state index in [-0.39, 0.29) is 11.7 Å². The van der Waals surface area contributed by atoms with Gasteiger partial charge in [-0.3, -0.25) is 9.36 Å². The molecular weight excluding hydrogens is 398 g/mol. The van der Waals surface area contributed by atoms with E-state index in [4.69, 9.17) is 4.74 Å². The van der Waals surface area contributed by atoms with Crippen LogP contribution in [0, 0.1) is 0 Å². The number of rotatable bonds is 9. The van der Waals surface area contributed by atoms with E-state index >= 15 is 0 Å². The fourth-order valence-electron chi connectivity index (χ4n) is 2.83. The molecule has 0 spiro atoms. The van der Waals surface area contributed by atoms with Gasteiger partial charge in [0.05, 0.1) is 12.9 Å². The number of carbonyl (C=O) groups excluding carboxylic acids is 1. The molecular formula is C22H25N5O2S. The van der Waals surface area contributed by atoms with Gasteiger partial charge >= 0.3 is 0 Å². The first-order chi connectivity index (χ1) is 14.5. The summed E-state index contributed by atoms with van der Waals surface area (Å²) in [6.07, 6.45) is 1.80. The van der Waals surface area contributed by atoms with Crippen molar-refractivity contribution in [1.82, 2.24) is 14.8 Å². The Labute approximate surface area is 180 Å². The third-order valence-corrected chi connectivity index (χ3v) is 5.32. The molecule has 1 amide bonds. The Hall–Kier alpha value is -3.26. The molecule has 0 aliphatic carbocycles. The van der Waals surface area contributed by atoms with Crippen molar-refractivity contribution in [3.63, 3.8) is 0 Å². The molecule has 0 bridgehead atoms. The Morgan fingerprint density at radius 2 is 2.00 bits per heavy atom. The van der Waals surface area contributed by atoms with Gasteiger partial charge in [0.2, 0.25) is 5.91 Å². The number of methoxy groups -OCH3 is 1. The second-order valence-corrected chi connectivity index (χ2v) is 7.66. The Bertz CT molecular complexity index is 1010. The maximum absolute atomic E-state index is 12.4. The van der Waals surface area contributed by atoms with Crippen molar-refractivity contribution in [2.24, 2.45) is 0 Å². The van der Waals surface area contributed by atoms with Crippen LogP contribution in [0.15, 0.2) is 66.3 Å². The van der Waals surface area contributed by atoms with Crippen LogP contribution in [0.1, 0.15) is 0 Å². The lowest BCUT2D eigenvalue weighted by Gasteiger charge is -2.14. The summed E-state index contributed by atoms with van der Waals surface area (Å²) in [5, 5.41) is 12.2. The number of ether oxygens (including phenoxy) is 1. The van der Waals surface area contributed by atoms with Gasteiger partial charge in [-0.2, -0.15) is 0 Å². The zero-order chi connectivity index (χ0) is 21.5. The van der Waals surface area contributed by atoms with Crippen LogP contribution in [-0.4, -0.2) is 47.6 Å².